The third kappa shape index (κ3) is 1.72. The van der Waals surface area contributed by atoms with Crippen LogP contribution < -0.4 is 0 Å². The van der Waals surface area contributed by atoms with E-state index in [0.717, 1.165) is 6.26 Å². The van der Waals surface area contributed by atoms with Crippen LogP contribution in [0.5, 0.6) is 0 Å². The van der Waals surface area contributed by atoms with Crippen LogP contribution in [0, 0.1) is 23.3 Å². The van der Waals surface area contributed by atoms with E-state index in [2.05, 4.69) is 0 Å². The second-order valence-electron chi connectivity index (χ2n) is 2.25. The molecule has 1 aromatic carbocycles. The normalized spacial score (nSPS) is 13.0. The number of hydrogen-bond acceptors (Lipinski definition) is 1. The Labute approximate surface area is 73.8 Å². The largest absolute Gasteiger partial charge is 0.254 e. The van der Waals surface area contributed by atoms with Gasteiger partial charge < -0.3 is 0 Å². The van der Waals surface area contributed by atoms with Crippen molar-refractivity contribution in [3.05, 3.63) is 29.3 Å². The van der Waals surface area contributed by atoms with Crippen molar-refractivity contribution >= 4 is 10.8 Å². The van der Waals surface area contributed by atoms with Crippen LogP contribution in [0.4, 0.5) is 17.6 Å². The molecule has 0 aliphatic heterocycles. The van der Waals surface area contributed by atoms with E-state index in [1.165, 1.54) is 0 Å². The zero-order chi connectivity index (χ0) is 10.2. The Morgan fingerprint density at radius 3 is 2.08 bits per heavy atom. The van der Waals surface area contributed by atoms with E-state index in [4.69, 9.17) is 0 Å². The average molecular weight is 212 g/mol. The summed E-state index contributed by atoms with van der Waals surface area (Å²) in [6, 6.07) is 0.162. The molecule has 0 aromatic heterocycles. The first kappa shape index (κ1) is 10.2. The minimum atomic E-state index is -2.03. The number of halogens is 4. The van der Waals surface area contributed by atoms with Crippen molar-refractivity contribution in [2.45, 2.75) is 4.90 Å². The van der Waals surface area contributed by atoms with Crippen LogP contribution in [0.2, 0.25) is 0 Å². The van der Waals surface area contributed by atoms with Crippen molar-refractivity contribution in [3.8, 4) is 0 Å². The summed E-state index contributed by atoms with van der Waals surface area (Å²) < 4.78 is 60.9. The highest BCUT2D eigenvalue weighted by atomic mass is 32.2. The van der Waals surface area contributed by atoms with Crippen LogP contribution in [0.1, 0.15) is 0 Å². The molecule has 72 valence electrons. The molecular formula is C7H4F4OS. The quantitative estimate of drug-likeness (QED) is 0.395. The monoisotopic (exact) mass is 212 g/mol. The lowest BCUT2D eigenvalue weighted by Gasteiger charge is -2.02. The predicted molar refractivity (Wildman–Crippen MR) is 38.6 cm³/mol. The fraction of sp³-hybridized carbons (Fsp3) is 0.143. The third-order valence-corrected chi connectivity index (χ3v) is 2.31. The van der Waals surface area contributed by atoms with Crippen molar-refractivity contribution in [2.24, 2.45) is 0 Å². The molecule has 13 heavy (non-hydrogen) atoms. The molecule has 0 heterocycles. The highest BCUT2D eigenvalue weighted by Gasteiger charge is 2.20. The molecule has 0 saturated carbocycles. The first-order valence-electron chi connectivity index (χ1n) is 3.11. The van der Waals surface area contributed by atoms with E-state index in [1.54, 1.807) is 0 Å². The molecule has 0 saturated heterocycles. The molecule has 0 bridgehead atoms. The SMILES string of the molecule is CS(=O)c1c(F)cc(F)c(F)c1F. The molecule has 0 fully saturated rings. The van der Waals surface area contributed by atoms with Crippen LogP contribution in [0.3, 0.4) is 0 Å². The topological polar surface area (TPSA) is 17.1 Å². The molecule has 0 N–H and O–H groups in total. The van der Waals surface area contributed by atoms with Gasteiger partial charge in [0.2, 0.25) is 0 Å². The summed E-state index contributed by atoms with van der Waals surface area (Å²) in [7, 11) is -2.03. The molecule has 6 heteroatoms. The summed E-state index contributed by atoms with van der Waals surface area (Å²) in [5.74, 6) is -6.54. The van der Waals surface area contributed by atoms with Gasteiger partial charge in [0, 0.05) is 12.3 Å². The van der Waals surface area contributed by atoms with Crippen LogP contribution in [-0.2, 0) is 10.8 Å². The lowest BCUT2D eigenvalue weighted by molar-refractivity contribution is 0.414. The van der Waals surface area contributed by atoms with Crippen molar-refractivity contribution < 1.29 is 21.8 Å². The highest BCUT2D eigenvalue weighted by molar-refractivity contribution is 7.84. The molecule has 0 aliphatic rings. The third-order valence-electron chi connectivity index (χ3n) is 1.36. The minimum absolute atomic E-state index is 0.162. The lowest BCUT2D eigenvalue weighted by Crippen LogP contribution is -2.03. The number of hydrogen-bond donors (Lipinski definition) is 0. The Balaban J connectivity index is 3.53. The van der Waals surface area contributed by atoms with E-state index in [0.29, 0.717) is 0 Å². The van der Waals surface area contributed by atoms with E-state index in [-0.39, 0.29) is 6.07 Å². The van der Waals surface area contributed by atoms with Gasteiger partial charge in [-0.25, -0.2) is 17.6 Å². The fourth-order valence-corrected chi connectivity index (χ4v) is 1.49. The van der Waals surface area contributed by atoms with E-state index in [1.807, 2.05) is 0 Å². The Kier molecular flexibility index (Phi) is 2.70. The van der Waals surface area contributed by atoms with Gasteiger partial charge in [-0.15, -0.1) is 0 Å². The molecule has 0 spiro atoms. The Hall–Kier alpha value is -0.910. The standard InChI is InChI=1S/C7H4F4OS/c1-13(12)7-4(9)2-3(8)5(10)6(7)11/h2H,1H3. The predicted octanol–water partition coefficient (Wildman–Crippen LogP) is 1.98. The maximum atomic E-state index is 12.7. The van der Waals surface area contributed by atoms with Gasteiger partial charge in [-0.1, -0.05) is 0 Å². The molecule has 1 rings (SSSR count). The summed E-state index contributed by atoms with van der Waals surface area (Å²) in [4.78, 5) is -0.945. The zero-order valence-corrected chi connectivity index (χ0v) is 7.22. The van der Waals surface area contributed by atoms with Crippen molar-refractivity contribution in [2.75, 3.05) is 6.26 Å². The van der Waals surface area contributed by atoms with Crippen molar-refractivity contribution in [1.82, 2.24) is 0 Å². The van der Waals surface area contributed by atoms with Gasteiger partial charge in [0.05, 0.1) is 10.8 Å². The van der Waals surface area contributed by atoms with Crippen LogP contribution >= 0.6 is 0 Å². The Bertz CT molecular complexity index is 377. The van der Waals surface area contributed by atoms with E-state index in [9.17, 15) is 21.8 Å². The van der Waals surface area contributed by atoms with Gasteiger partial charge >= 0.3 is 0 Å². The average Bonchev–Trinajstić information content (AvgIpc) is 1.99. The first-order chi connectivity index (χ1) is 5.95. The maximum absolute atomic E-state index is 12.7. The Morgan fingerprint density at radius 1 is 1.08 bits per heavy atom. The summed E-state index contributed by atoms with van der Waals surface area (Å²) >= 11 is 0. The van der Waals surface area contributed by atoms with E-state index < -0.39 is 39.0 Å². The highest BCUT2D eigenvalue weighted by Crippen LogP contribution is 2.21. The Morgan fingerprint density at radius 2 is 1.62 bits per heavy atom. The summed E-state index contributed by atoms with van der Waals surface area (Å²) in [5, 5.41) is 0. The first-order valence-corrected chi connectivity index (χ1v) is 4.67. The number of rotatable bonds is 1. The van der Waals surface area contributed by atoms with Gasteiger partial charge in [-0.2, -0.15) is 0 Å². The van der Waals surface area contributed by atoms with Crippen molar-refractivity contribution in [3.63, 3.8) is 0 Å². The molecule has 0 amide bonds. The van der Waals surface area contributed by atoms with Gasteiger partial charge in [-0.3, -0.25) is 4.21 Å². The van der Waals surface area contributed by atoms with Crippen LogP contribution in [0.25, 0.3) is 0 Å². The second-order valence-corrected chi connectivity index (χ2v) is 3.57. The molecular weight excluding hydrogens is 208 g/mol. The number of benzene rings is 1. The smallest absolute Gasteiger partial charge is 0.195 e. The molecule has 1 nitrogen and oxygen atoms in total. The van der Waals surface area contributed by atoms with E-state index >= 15 is 0 Å². The van der Waals surface area contributed by atoms with Crippen LogP contribution in [-0.4, -0.2) is 10.5 Å². The van der Waals surface area contributed by atoms with Crippen LogP contribution in [0.15, 0.2) is 11.0 Å². The minimum Gasteiger partial charge on any atom is -0.254 e. The molecule has 1 aromatic rings. The van der Waals surface area contributed by atoms with Gasteiger partial charge in [0.25, 0.3) is 0 Å². The van der Waals surface area contributed by atoms with Gasteiger partial charge in [-0.05, 0) is 0 Å². The molecule has 1 unspecified atom stereocenters. The molecule has 0 aliphatic carbocycles. The summed E-state index contributed by atoms with van der Waals surface area (Å²) in [5.41, 5.74) is 0. The summed E-state index contributed by atoms with van der Waals surface area (Å²) in [6.07, 6.45) is 0.971. The van der Waals surface area contributed by atoms with Crippen molar-refractivity contribution in [1.29, 1.82) is 0 Å². The molecule has 1 atom stereocenters. The second kappa shape index (κ2) is 3.45. The maximum Gasteiger partial charge on any atom is 0.195 e. The van der Waals surface area contributed by atoms with Gasteiger partial charge in [0.1, 0.15) is 10.7 Å². The summed E-state index contributed by atoms with van der Waals surface area (Å²) in [6.45, 7) is 0. The molecule has 0 radical (unpaired) electrons. The van der Waals surface area contributed by atoms with Gasteiger partial charge in [0.15, 0.2) is 17.5 Å². The lowest BCUT2D eigenvalue weighted by atomic mass is 10.3. The fourth-order valence-electron chi connectivity index (χ4n) is 0.813. The zero-order valence-electron chi connectivity index (χ0n) is 6.41.